The molecule has 0 bridgehead atoms. The highest BCUT2D eigenvalue weighted by Gasteiger charge is 2.63. The van der Waals surface area contributed by atoms with Crippen LogP contribution in [0.2, 0.25) is 0 Å². The van der Waals surface area contributed by atoms with E-state index in [2.05, 4.69) is 41.5 Å². The van der Waals surface area contributed by atoms with Crippen molar-refractivity contribution in [2.45, 2.75) is 224 Å². The molecule has 13 nitrogen and oxygen atoms in total. The zero-order chi connectivity index (χ0) is 46.9. The molecule has 2 spiro atoms. The van der Waals surface area contributed by atoms with Crippen LogP contribution in [0, 0.1) is 35.5 Å². The first-order chi connectivity index (χ1) is 30.9. The van der Waals surface area contributed by atoms with Crippen LogP contribution in [0.3, 0.4) is 0 Å². The normalized spacial score (nSPS) is 42.0. The van der Waals surface area contributed by atoms with Gasteiger partial charge in [-0.3, -0.25) is 9.59 Å². The average Bonchev–Trinajstić information content (AvgIpc) is 4.09. The lowest BCUT2D eigenvalue weighted by atomic mass is 9.78. The Hall–Kier alpha value is -2.36. The highest BCUT2D eigenvalue weighted by atomic mass is 16.8. The highest BCUT2D eigenvalue weighted by Crippen LogP contribution is 2.56. The zero-order valence-corrected chi connectivity index (χ0v) is 41.3. The zero-order valence-electron chi connectivity index (χ0n) is 41.3. The van der Waals surface area contributed by atoms with E-state index in [4.69, 9.17) is 47.4 Å². The fourth-order valence-corrected chi connectivity index (χ4v) is 12.6. The first kappa shape index (κ1) is 50.5. The Morgan fingerprint density at radius 1 is 0.892 bits per heavy atom. The molecule has 0 amide bonds. The Morgan fingerprint density at radius 2 is 1.63 bits per heavy atom. The van der Waals surface area contributed by atoms with Crippen LogP contribution >= 0.6 is 0 Å². The minimum Gasteiger partial charge on any atom is -0.497 e. The topological polar surface area (TPSA) is 147 Å². The molecule has 0 radical (unpaired) electrons. The number of hydrogen-bond donors (Lipinski definition) is 1. The summed E-state index contributed by atoms with van der Waals surface area (Å²) in [7, 11) is 3.21. The number of carboxylic acids is 1. The Kier molecular flexibility index (Phi) is 16.1. The van der Waals surface area contributed by atoms with Crippen LogP contribution in [0.1, 0.15) is 164 Å². The number of aliphatic carboxylic acids is 1. The summed E-state index contributed by atoms with van der Waals surface area (Å²) >= 11 is 0. The molecule has 0 aliphatic carbocycles. The van der Waals surface area contributed by atoms with Gasteiger partial charge in [0.1, 0.15) is 18.5 Å². The molecular weight excluding hydrogens is 833 g/mol. The molecule has 13 heteroatoms. The van der Waals surface area contributed by atoms with Gasteiger partial charge in [0.2, 0.25) is 0 Å². The number of carboxylic acid groups (broad SMARTS) is 1. The molecule has 65 heavy (non-hydrogen) atoms. The minimum atomic E-state index is -1.04. The molecule has 18 atom stereocenters. The number of ether oxygens (including phenoxy) is 10. The first-order valence-corrected chi connectivity index (χ1v) is 25.2. The predicted octanol–water partition coefficient (Wildman–Crippen LogP) is 9.95. The van der Waals surface area contributed by atoms with Gasteiger partial charge >= 0.3 is 11.9 Å². The lowest BCUT2D eigenvalue weighted by Crippen LogP contribution is -2.57. The van der Waals surface area contributed by atoms with Gasteiger partial charge in [-0.1, -0.05) is 86.3 Å². The van der Waals surface area contributed by atoms with E-state index in [-0.39, 0.29) is 60.0 Å². The summed E-state index contributed by atoms with van der Waals surface area (Å²) in [5.74, 6) is -2.95. The van der Waals surface area contributed by atoms with Crippen LogP contribution in [0.25, 0.3) is 0 Å². The van der Waals surface area contributed by atoms with Crippen LogP contribution in [-0.2, 0) is 52.2 Å². The SMILES string of the molecule is CCCCCCCC(=O)O[C@H]1C[C@]2(CC[C@](C)([C@H]3CC[C@@](CC)([C@@H]4O[C@H]([C@H]5O[C@@]6(CO[C@H](c7ccc(OC)cc7)O6)[C@H](C)C[C@@H]5C)C[C@@H]4C)O3)O2)O[C@H]([C@@H](C)[C@@H](OC)[C@H](C)C(=O)O)[C@@H]1C. The second-order valence-corrected chi connectivity index (χ2v) is 21.3. The van der Waals surface area contributed by atoms with E-state index in [1.807, 2.05) is 38.1 Å². The number of carbonyl (C=O) groups excluding carboxylic acids is 1. The second kappa shape index (κ2) is 20.7. The van der Waals surface area contributed by atoms with Crippen LogP contribution in [0.15, 0.2) is 24.3 Å². The van der Waals surface area contributed by atoms with Gasteiger partial charge in [0.25, 0.3) is 0 Å². The maximum atomic E-state index is 13.4. The Labute approximate surface area is 388 Å². The number of benzene rings is 1. The first-order valence-electron chi connectivity index (χ1n) is 25.2. The molecule has 7 rings (SSSR count). The van der Waals surface area contributed by atoms with E-state index in [1.54, 1.807) is 21.1 Å². The number of esters is 1. The van der Waals surface area contributed by atoms with Gasteiger partial charge in [0, 0.05) is 49.7 Å². The van der Waals surface area contributed by atoms with Gasteiger partial charge in [0.15, 0.2) is 17.9 Å². The summed E-state index contributed by atoms with van der Waals surface area (Å²) in [6, 6.07) is 7.80. The van der Waals surface area contributed by atoms with Gasteiger partial charge in [-0.2, -0.15) is 0 Å². The van der Waals surface area contributed by atoms with E-state index >= 15 is 0 Å². The average molecular weight is 915 g/mol. The maximum Gasteiger partial charge on any atom is 0.308 e. The smallest absolute Gasteiger partial charge is 0.308 e. The predicted molar refractivity (Wildman–Crippen MR) is 243 cm³/mol. The summed E-state index contributed by atoms with van der Waals surface area (Å²) in [5.41, 5.74) is -0.263. The fraction of sp³-hybridized carbons (Fsp3) is 0.846. The van der Waals surface area contributed by atoms with Crippen molar-refractivity contribution in [2.24, 2.45) is 35.5 Å². The van der Waals surface area contributed by atoms with E-state index in [0.29, 0.717) is 32.3 Å². The maximum absolute atomic E-state index is 13.4. The molecule has 6 aliphatic heterocycles. The Morgan fingerprint density at radius 3 is 2.31 bits per heavy atom. The molecule has 0 unspecified atom stereocenters. The monoisotopic (exact) mass is 915 g/mol. The van der Waals surface area contributed by atoms with Crippen molar-refractivity contribution < 1.29 is 62.1 Å². The number of hydrogen-bond acceptors (Lipinski definition) is 12. The van der Waals surface area contributed by atoms with Crippen molar-refractivity contribution >= 4 is 11.9 Å². The van der Waals surface area contributed by atoms with Crippen LogP contribution in [0.4, 0.5) is 0 Å². The number of carbonyl (C=O) groups is 2. The summed E-state index contributed by atoms with van der Waals surface area (Å²) < 4.78 is 66.4. The number of methoxy groups -OCH3 is 2. The van der Waals surface area contributed by atoms with Gasteiger partial charge in [0.05, 0.1) is 60.9 Å². The minimum absolute atomic E-state index is 0.127. The third-order valence-electron chi connectivity index (χ3n) is 16.7. The Balaban J connectivity index is 1.04. The van der Waals surface area contributed by atoms with Crippen LogP contribution < -0.4 is 4.74 Å². The Bertz CT molecular complexity index is 1740. The van der Waals surface area contributed by atoms with Gasteiger partial charge < -0.3 is 52.5 Å². The third-order valence-corrected chi connectivity index (χ3v) is 16.7. The molecule has 6 aliphatic rings. The molecule has 6 saturated heterocycles. The van der Waals surface area contributed by atoms with Gasteiger partial charge in [-0.15, -0.1) is 0 Å². The van der Waals surface area contributed by atoms with Crippen molar-refractivity contribution in [1.82, 2.24) is 0 Å². The molecule has 0 aromatic heterocycles. The fourth-order valence-electron chi connectivity index (χ4n) is 12.6. The van der Waals surface area contributed by atoms with Gasteiger partial charge in [-0.05, 0) is 82.8 Å². The number of unbranched alkanes of at least 4 members (excludes halogenated alkanes) is 4. The molecule has 6 heterocycles. The van der Waals surface area contributed by atoms with Crippen molar-refractivity contribution in [3.63, 3.8) is 0 Å². The lowest BCUT2D eigenvalue weighted by Gasteiger charge is -2.49. The lowest BCUT2D eigenvalue weighted by molar-refractivity contribution is -0.336. The second-order valence-electron chi connectivity index (χ2n) is 21.3. The van der Waals surface area contributed by atoms with E-state index in [9.17, 15) is 14.7 Å². The van der Waals surface area contributed by atoms with Crippen molar-refractivity contribution in [3.8, 4) is 5.75 Å². The van der Waals surface area contributed by atoms with Crippen molar-refractivity contribution in [3.05, 3.63) is 29.8 Å². The van der Waals surface area contributed by atoms with Crippen LogP contribution in [0.5, 0.6) is 5.75 Å². The molecule has 1 aromatic rings. The molecule has 0 saturated carbocycles. The van der Waals surface area contributed by atoms with Crippen molar-refractivity contribution in [1.29, 1.82) is 0 Å². The quantitative estimate of drug-likeness (QED) is 0.110. The number of rotatable bonds is 18. The van der Waals surface area contributed by atoms with Crippen LogP contribution in [-0.4, -0.2) is 103 Å². The highest BCUT2D eigenvalue weighted by molar-refractivity contribution is 5.70. The largest absolute Gasteiger partial charge is 0.497 e. The summed E-state index contributed by atoms with van der Waals surface area (Å²) in [4.78, 5) is 25.6. The summed E-state index contributed by atoms with van der Waals surface area (Å²) in [6.45, 7) is 19.3. The van der Waals surface area contributed by atoms with Crippen molar-refractivity contribution in [2.75, 3.05) is 20.8 Å². The van der Waals surface area contributed by atoms with E-state index in [0.717, 1.165) is 75.5 Å². The third kappa shape index (κ3) is 10.3. The summed E-state index contributed by atoms with van der Waals surface area (Å²) in [5, 5.41) is 10.0. The van der Waals surface area contributed by atoms with Gasteiger partial charge in [-0.25, -0.2) is 0 Å². The standard InChI is InChI=1S/C52H82O13/c1-12-14-15-16-17-18-42(53)59-40-29-51(62-45(34(40)6)35(7)44(57-11)36(8)47(54)55)26-25-49(9,65-51)41-23-24-50(13-2,61-41)46-32(4)28-39(60-46)43-31(3)27-33(5)52(63-43)30-58-48(64-52)37-19-21-38(56-10)22-20-37/h19-22,31-36,39-41,43-46,48H,12-18,23-30H2,1-11H3,(H,54,55)/t31-,32-,33+,34+,35-,36-,39-,40-,41+,43-,44+,45-,46+,48-,49+,50-,51+,52+/m0/s1. The molecule has 1 aromatic carbocycles. The molecule has 6 fully saturated rings. The molecule has 368 valence electrons. The molecule has 1 N–H and O–H groups in total. The molecular formula is C52H82O13. The van der Waals surface area contributed by atoms with E-state index in [1.165, 1.54) is 0 Å². The summed E-state index contributed by atoms with van der Waals surface area (Å²) in [6.07, 6.45) is 8.73. The van der Waals surface area contributed by atoms with E-state index < -0.39 is 59.3 Å².